The first-order chi connectivity index (χ1) is 28.3. The second-order valence-corrected chi connectivity index (χ2v) is 17.2. The maximum Gasteiger partial charge on any atom is 0.250 e. The standard InChI is InChI=1S/C22H39N3O6.C13H18N2O3S.C6H15N.C3H8/c1-7-15(2)21(24(4)20(29)12-23-14-27)18(30-5)11-19(28)25-10-8-9-17(25)22(31-6)16(3)13-26;1-3-9-19(17,18)15-13(16)12(14-2)10-11-7-5-4-6-8-11;1-5(2)6(3)7-4;1-3-2/h13-18,21-22H,7-12H2,1-6H3,(H,23,27);3-8,12,14H,1,9-10H2,2H3,(H,15,16);5-7H,1-4H3;3H2,1-2H3. The van der Waals surface area contributed by atoms with Gasteiger partial charge in [-0.15, -0.1) is 6.58 Å². The summed E-state index contributed by atoms with van der Waals surface area (Å²) >= 11 is 0. The van der Waals surface area contributed by atoms with Gasteiger partial charge in [-0.25, -0.2) is 8.42 Å². The van der Waals surface area contributed by atoms with Gasteiger partial charge in [-0.3, -0.25) is 23.9 Å². The zero-order chi connectivity index (χ0) is 46.4. The number of likely N-dealkylation sites (N-methyl/N-ethyl adjacent to an activating group) is 2. The van der Waals surface area contributed by atoms with Crippen molar-refractivity contribution in [1.82, 2.24) is 30.5 Å². The molecule has 60 heavy (non-hydrogen) atoms. The van der Waals surface area contributed by atoms with Crippen LogP contribution in [0.1, 0.15) is 93.1 Å². The molecule has 0 bridgehead atoms. The fourth-order valence-corrected chi connectivity index (χ4v) is 7.31. The molecule has 1 aliphatic heterocycles. The summed E-state index contributed by atoms with van der Waals surface area (Å²) in [6, 6.07) is 8.96. The second kappa shape index (κ2) is 33.0. The Bertz CT molecular complexity index is 1470. The molecule has 4 N–H and O–H groups in total. The average Bonchev–Trinajstić information content (AvgIpc) is 3.71. The van der Waals surface area contributed by atoms with E-state index in [9.17, 15) is 32.4 Å². The number of likely N-dealkylation sites (tertiary alicyclic amines) is 1. The number of carbonyl (C=O) groups excluding carboxylic acids is 5. The van der Waals surface area contributed by atoms with Gasteiger partial charge in [-0.1, -0.05) is 97.7 Å². The van der Waals surface area contributed by atoms with Gasteiger partial charge in [0.1, 0.15) is 6.29 Å². The Labute approximate surface area is 362 Å². The predicted octanol–water partition coefficient (Wildman–Crippen LogP) is 3.97. The highest BCUT2D eigenvalue weighted by molar-refractivity contribution is 7.90. The van der Waals surface area contributed by atoms with Crippen LogP contribution in [0.2, 0.25) is 0 Å². The van der Waals surface area contributed by atoms with Crippen molar-refractivity contribution < 1.29 is 41.9 Å². The maximum absolute atomic E-state index is 13.3. The summed E-state index contributed by atoms with van der Waals surface area (Å²) in [7, 11) is 4.76. The number of sulfonamides is 1. The lowest BCUT2D eigenvalue weighted by atomic mass is 9.90. The van der Waals surface area contributed by atoms with E-state index in [1.807, 2.05) is 55.9 Å². The van der Waals surface area contributed by atoms with Crippen molar-refractivity contribution in [2.45, 2.75) is 130 Å². The van der Waals surface area contributed by atoms with Crippen molar-refractivity contribution in [2.24, 2.45) is 17.8 Å². The monoisotopic (exact) mass is 869 g/mol. The molecule has 1 aromatic rings. The first-order valence-electron chi connectivity index (χ1n) is 21.1. The smallest absolute Gasteiger partial charge is 0.250 e. The summed E-state index contributed by atoms with van der Waals surface area (Å²) in [5, 5.41) is 8.37. The van der Waals surface area contributed by atoms with Crippen LogP contribution in [-0.4, -0.2) is 139 Å². The number of methoxy groups -OCH3 is 2. The fraction of sp³-hybridized carbons (Fsp3) is 0.705. The van der Waals surface area contributed by atoms with E-state index in [0.29, 0.717) is 25.4 Å². The van der Waals surface area contributed by atoms with Crippen LogP contribution in [0.5, 0.6) is 0 Å². The van der Waals surface area contributed by atoms with E-state index >= 15 is 0 Å². The Hall–Kier alpha value is -3.70. The van der Waals surface area contributed by atoms with E-state index in [2.05, 4.69) is 57.1 Å². The summed E-state index contributed by atoms with van der Waals surface area (Å²) in [4.78, 5) is 62.9. The van der Waals surface area contributed by atoms with Crippen LogP contribution in [0.3, 0.4) is 0 Å². The number of amides is 4. The quantitative estimate of drug-likeness (QED) is 0.0920. The molecule has 1 aliphatic rings. The van der Waals surface area contributed by atoms with Gasteiger partial charge in [-0.05, 0) is 57.7 Å². The van der Waals surface area contributed by atoms with Crippen molar-refractivity contribution in [3.63, 3.8) is 0 Å². The minimum absolute atomic E-state index is 0.0744. The molecule has 1 heterocycles. The predicted molar refractivity (Wildman–Crippen MR) is 241 cm³/mol. The summed E-state index contributed by atoms with van der Waals surface area (Å²) in [5.41, 5.74) is 0.957. The fourth-order valence-electron chi connectivity index (χ4n) is 6.47. The molecule has 0 aliphatic carbocycles. The molecule has 15 nitrogen and oxygen atoms in total. The normalized spacial score (nSPS) is 16.9. The average molecular weight is 869 g/mol. The summed E-state index contributed by atoms with van der Waals surface area (Å²) in [6.07, 6.45) is 5.95. The zero-order valence-corrected chi connectivity index (χ0v) is 39.7. The van der Waals surface area contributed by atoms with Gasteiger partial charge >= 0.3 is 0 Å². The number of ether oxygens (including phenoxy) is 2. The van der Waals surface area contributed by atoms with Gasteiger partial charge < -0.3 is 40.0 Å². The molecular weight excluding hydrogens is 789 g/mol. The lowest BCUT2D eigenvalue weighted by Crippen LogP contribution is -2.53. The van der Waals surface area contributed by atoms with E-state index in [1.54, 1.807) is 45.0 Å². The zero-order valence-electron chi connectivity index (χ0n) is 38.9. The largest absolute Gasteiger partial charge is 0.379 e. The van der Waals surface area contributed by atoms with E-state index in [1.165, 1.54) is 12.5 Å². The molecule has 1 aromatic carbocycles. The van der Waals surface area contributed by atoms with Crippen LogP contribution in [0, 0.1) is 17.8 Å². The number of rotatable bonds is 23. The molecule has 0 radical (unpaired) electrons. The SMILES string of the molecule is C=CCS(=O)(=O)NC(=O)C(Cc1ccccc1)NC.CCC.CCC(C)C(C(CC(=O)N1CCCC1C(OC)C(C)C=O)OC)N(C)C(=O)CNC=O.CNC(C)C(C)C. The first kappa shape index (κ1) is 58.4. The van der Waals surface area contributed by atoms with Crippen molar-refractivity contribution in [3.05, 3.63) is 48.6 Å². The molecule has 4 amide bonds. The molecule has 2 rings (SSSR count). The molecule has 0 spiro atoms. The Balaban J connectivity index is 0. The molecule has 0 saturated carbocycles. The molecule has 8 atom stereocenters. The Kier molecular flexibility index (Phi) is 32.1. The van der Waals surface area contributed by atoms with E-state index in [4.69, 9.17) is 9.47 Å². The van der Waals surface area contributed by atoms with Crippen LogP contribution in [0.15, 0.2) is 43.0 Å². The number of nitrogens with zero attached hydrogens (tertiary/aromatic N) is 2. The topological polar surface area (TPSA) is 193 Å². The van der Waals surface area contributed by atoms with Gasteiger partial charge in [0.15, 0.2) is 0 Å². The van der Waals surface area contributed by atoms with Crippen molar-refractivity contribution in [1.29, 1.82) is 0 Å². The van der Waals surface area contributed by atoms with Crippen LogP contribution in [0.4, 0.5) is 0 Å². The van der Waals surface area contributed by atoms with E-state index in [-0.39, 0.29) is 60.6 Å². The maximum atomic E-state index is 13.3. The molecule has 1 fully saturated rings. The number of hydrogen-bond acceptors (Lipinski definition) is 11. The highest BCUT2D eigenvalue weighted by Crippen LogP contribution is 2.28. The van der Waals surface area contributed by atoms with Crippen LogP contribution in [0.25, 0.3) is 0 Å². The van der Waals surface area contributed by atoms with Gasteiger partial charge in [0.25, 0.3) is 5.91 Å². The Morgan fingerprint density at radius 1 is 0.983 bits per heavy atom. The highest BCUT2D eigenvalue weighted by atomic mass is 32.2. The van der Waals surface area contributed by atoms with Crippen molar-refractivity contribution in [2.75, 3.05) is 54.2 Å². The summed E-state index contributed by atoms with van der Waals surface area (Å²) in [6.45, 7) is 20.5. The number of nitrogens with one attached hydrogen (secondary N) is 4. The van der Waals surface area contributed by atoms with Gasteiger partial charge in [-0.2, -0.15) is 0 Å². The van der Waals surface area contributed by atoms with Crippen LogP contribution >= 0.6 is 0 Å². The highest BCUT2D eigenvalue weighted by Gasteiger charge is 2.40. The van der Waals surface area contributed by atoms with Crippen molar-refractivity contribution >= 4 is 40.4 Å². The van der Waals surface area contributed by atoms with Gasteiger partial charge in [0.05, 0.1) is 49.1 Å². The number of carbonyl (C=O) groups is 5. The Morgan fingerprint density at radius 2 is 1.58 bits per heavy atom. The molecule has 346 valence electrons. The minimum Gasteiger partial charge on any atom is -0.379 e. The molecular formula is C44H80N6O9S. The third-order valence-corrected chi connectivity index (χ3v) is 11.7. The third-order valence-electron chi connectivity index (χ3n) is 10.5. The lowest BCUT2D eigenvalue weighted by Gasteiger charge is -2.39. The van der Waals surface area contributed by atoms with Crippen LogP contribution in [-0.2, 0) is 49.9 Å². The first-order valence-corrected chi connectivity index (χ1v) is 22.8. The molecule has 16 heteroatoms. The summed E-state index contributed by atoms with van der Waals surface area (Å²) in [5.74, 6) is -0.638. The van der Waals surface area contributed by atoms with E-state index in [0.717, 1.165) is 37.0 Å². The number of hydrogen-bond donors (Lipinski definition) is 4. The molecule has 1 saturated heterocycles. The van der Waals surface area contributed by atoms with Gasteiger partial charge in [0.2, 0.25) is 28.2 Å². The van der Waals surface area contributed by atoms with Crippen LogP contribution < -0.4 is 20.7 Å². The van der Waals surface area contributed by atoms with Crippen molar-refractivity contribution in [3.8, 4) is 0 Å². The summed E-state index contributed by atoms with van der Waals surface area (Å²) < 4.78 is 36.3. The molecule has 8 unspecified atom stereocenters. The van der Waals surface area contributed by atoms with Gasteiger partial charge in [0, 0.05) is 39.8 Å². The van der Waals surface area contributed by atoms with E-state index < -0.39 is 28.1 Å². The lowest BCUT2D eigenvalue weighted by molar-refractivity contribution is -0.144. The number of benzene rings is 1. The third kappa shape index (κ3) is 22.2. The molecule has 0 aromatic heterocycles. The number of aldehydes is 1. The minimum atomic E-state index is -3.64. The Morgan fingerprint density at radius 3 is 2.02 bits per heavy atom. The second-order valence-electron chi connectivity index (χ2n) is 15.4.